The number of benzene rings is 1. The number of likely N-dealkylation sites (N-methyl/N-ethyl adjacent to an activating group) is 1. The van der Waals surface area contributed by atoms with Gasteiger partial charge < -0.3 is 14.5 Å². The van der Waals surface area contributed by atoms with E-state index in [1.54, 1.807) is 6.21 Å². The SMILES string of the molecule is CN1C(COc2ccc(/C=N\NCN=N)cc2)=CN2[CH]C=CC=C21. The van der Waals surface area contributed by atoms with Crippen molar-refractivity contribution in [3.63, 3.8) is 0 Å². The van der Waals surface area contributed by atoms with Gasteiger partial charge in [0.25, 0.3) is 0 Å². The molecule has 7 nitrogen and oxygen atoms in total. The molecule has 3 rings (SSSR count). The molecule has 0 saturated heterocycles. The predicted molar refractivity (Wildman–Crippen MR) is 91.9 cm³/mol. The Kier molecular flexibility index (Phi) is 4.90. The zero-order valence-electron chi connectivity index (χ0n) is 13.4. The van der Waals surface area contributed by atoms with Crippen molar-refractivity contribution in [3.05, 3.63) is 72.3 Å². The molecule has 123 valence electrons. The third-order valence-corrected chi connectivity index (χ3v) is 3.65. The van der Waals surface area contributed by atoms with Crippen LogP contribution < -0.4 is 10.2 Å². The predicted octanol–water partition coefficient (Wildman–Crippen LogP) is 2.64. The Morgan fingerprint density at radius 3 is 2.83 bits per heavy atom. The van der Waals surface area contributed by atoms with E-state index in [2.05, 4.69) is 37.7 Å². The first-order valence-electron chi connectivity index (χ1n) is 7.54. The van der Waals surface area contributed by atoms with Crippen LogP contribution in [0.15, 0.2) is 70.4 Å². The number of hydrogen-bond acceptors (Lipinski definition) is 7. The highest BCUT2D eigenvalue weighted by Gasteiger charge is 2.24. The zero-order valence-corrected chi connectivity index (χ0v) is 13.4. The number of allylic oxidation sites excluding steroid dienone is 2. The molecule has 0 spiro atoms. The summed E-state index contributed by atoms with van der Waals surface area (Å²) >= 11 is 0. The van der Waals surface area contributed by atoms with E-state index in [-0.39, 0.29) is 6.67 Å². The number of hydrazone groups is 1. The lowest BCUT2D eigenvalue weighted by molar-refractivity contribution is 0.312. The second kappa shape index (κ2) is 7.45. The Labute approximate surface area is 141 Å². The van der Waals surface area contributed by atoms with Crippen molar-refractivity contribution >= 4 is 6.21 Å². The van der Waals surface area contributed by atoms with Crippen molar-refractivity contribution in [1.29, 1.82) is 5.53 Å². The molecule has 2 aliphatic heterocycles. The summed E-state index contributed by atoms with van der Waals surface area (Å²) in [6.07, 6.45) is 9.84. The number of fused-ring (bicyclic) bond motifs is 1. The fraction of sp³-hybridized carbons (Fsp3) is 0.176. The lowest BCUT2D eigenvalue weighted by Gasteiger charge is -2.23. The number of ether oxygens (including phenoxy) is 1. The molecule has 0 aliphatic carbocycles. The Balaban J connectivity index is 1.54. The lowest BCUT2D eigenvalue weighted by Crippen LogP contribution is -2.22. The molecule has 7 heteroatoms. The Morgan fingerprint density at radius 2 is 2.08 bits per heavy atom. The van der Waals surface area contributed by atoms with Crippen LogP contribution in [0.5, 0.6) is 5.75 Å². The highest BCUT2D eigenvalue weighted by atomic mass is 16.5. The van der Waals surface area contributed by atoms with E-state index >= 15 is 0 Å². The average molecular weight is 323 g/mol. The van der Waals surface area contributed by atoms with Crippen LogP contribution in [-0.2, 0) is 0 Å². The first kappa shape index (κ1) is 15.8. The van der Waals surface area contributed by atoms with Gasteiger partial charge in [0, 0.05) is 13.2 Å². The molecule has 0 unspecified atom stereocenters. The summed E-state index contributed by atoms with van der Waals surface area (Å²) in [6.45, 7) is 2.70. The van der Waals surface area contributed by atoms with E-state index in [1.165, 1.54) is 0 Å². The highest BCUT2D eigenvalue weighted by Crippen LogP contribution is 2.28. The highest BCUT2D eigenvalue weighted by molar-refractivity contribution is 5.79. The molecule has 0 atom stereocenters. The van der Waals surface area contributed by atoms with Crippen LogP contribution in [0.3, 0.4) is 0 Å². The van der Waals surface area contributed by atoms with Crippen molar-refractivity contribution in [1.82, 2.24) is 15.2 Å². The monoisotopic (exact) mass is 323 g/mol. The van der Waals surface area contributed by atoms with Crippen LogP contribution in [0.25, 0.3) is 0 Å². The third-order valence-electron chi connectivity index (χ3n) is 3.65. The second-order valence-electron chi connectivity index (χ2n) is 5.24. The van der Waals surface area contributed by atoms with Gasteiger partial charge in [-0.2, -0.15) is 10.2 Å². The van der Waals surface area contributed by atoms with Crippen molar-refractivity contribution in [2.45, 2.75) is 0 Å². The summed E-state index contributed by atoms with van der Waals surface area (Å²) in [4.78, 5) is 4.19. The van der Waals surface area contributed by atoms with E-state index in [4.69, 9.17) is 10.3 Å². The topological polar surface area (TPSA) is 76.3 Å². The minimum atomic E-state index is 0.181. The number of rotatable bonds is 7. The second-order valence-corrected chi connectivity index (χ2v) is 5.24. The van der Waals surface area contributed by atoms with E-state index < -0.39 is 0 Å². The molecule has 2 heterocycles. The van der Waals surface area contributed by atoms with Crippen molar-refractivity contribution in [2.75, 3.05) is 20.3 Å². The van der Waals surface area contributed by atoms with Gasteiger partial charge in [0.15, 0.2) is 0 Å². The molecule has 2 aliphatic rings. The molecule has 1 aromatic carbocycles. The fourth-order valence-corrected chi connectivity index (χ4v) is 2.37. The number of nitrogens with one attached hydrogen (secondary N) is 2. The van der Waals surface area contributed by atoms with E-state index in [9.17, 15) is 0 Å². The minimum Gasteiger partial charge on any atom is -0.487 e. The van der Waals surface area contributed by atoms with Gasteiger partial charge >= 0.3 is 0 Å². The molecule has 0 amide bonds. The van der Waals surface area contributed by atoms with Gasteiger partial charge in [-0.25, -0.2) is 5.53 Å². The van der Waals surface area contributed by atoms with E-state index in [0.29, 0.717) is 6.61 Å². The molecule has 0 bridgehead atoms. The molecule has 24 heavy (non-hydrogen) atoms. The van der Waals surface area contributed by atoms with Gasteiger partial charge in [0.1, 0.15) is 24.8 Å². The minimum absolute atomic E-state index is 0.181. The first-order valence-corrected chi connectivity index (χ1v) is 7.54. The van der Waals surface area contributed by atoms with Crippen molar-refractivity contribution in [2.24, 2.45) is 10.2 Å². The number of nitrogens with zero attached hydrogens (tertiary/aromatic N) is 4. The van der Waals surface area contributed by atoms with Gasteiger partial charge in [-0.05, 0) is 35.9 Å². The maximum atomic E-state index is 6.65. The summed E-state index contributed by atoms with van der Waals surface area (Å²) in [5.74, 6) is 1.92. The number of hydrogen-bond donors (Lipinski definition) is 2. The van der Waals surface area contributed by atoms with Crippen LogP contribution in [-0.4, -0.2) is 36.3 Å². The molecular formula is C17H19N6O. The van der Waals surface area contributed by atoms with Crippen molar-refractivity contribution < 1.29 is 4.74 Å². The Bertz CT molecular complexity index is 704. The quantitative estimate of drug-likeness (QED) is 0.350. The van der Waals surface area contributed by atoms with Gasteiger partial charge in [-0.15, -0.1) is 0 Å². The van der Waals surface area contributed by atoms with E-state index in [0.717, 1.165) is 22.8 Å². The normalized spacial score (nSPS) is 16.0. The summed E-state index contributed by atoms with van der Waals surface area (Å²) in [7, 11) is 2.03. The maximum Gasteiger partial charge on any atom is 0.144 e. The summed E-state index contributed by atoms with van der Waals surface area (Å²) in [6, 6.07) is 7.67. The van der Waals surface area contributed by atoms with Crippen molar-refractivity contribution in [3.8, 4) is 5.75 Å². The van der Waals surface area contributed by atoms with Gasteiger partial charge in [-0.1, -0.05) is 12.2 Å². The summed E-state index contributed by atoms with van der Waals surface area (Å²) in [5, 5.41) is 7.11. The maximum absolute atomic E-state index is 6.65. The van der Waals surface area contributed by atoms with Gasteiger partial charge in [0.2, 0.25) is 0 Å². The Hall–Kier alpha value is -3.09. The standard InChI is InChI=1S/C17H19N6O/c1-22-15(11-23-9-3-2-4-17(22)23)12-24-16-7-5-14(6-8-16)10-20-21-13-19-18/h2-11,18,21H,12-13H2,1H3/b19-18?,20-10-. The molecular weight excluding hydrogens is 304 g/mol. The summed E-state index contributed by atoms with van der Waals surface area (Å²) in [5.41, 5.74) is 11.3. The summed E-state index contributed by atoms with van der Waals surface area (Å²) < 4.78 is 5.87. The molecule has 0 fully saturated rings. The van der Waals surface area contributed by atoms with Crippen LogP contribution in [0.4, 0.5) is 0 Å². The largest absolute Gasteiger partial charge is 0.487 e. The molecule has 1 aromatic rings. The van der Waals surface area contributed by atoms with Crippen LogP contribution in [0, 0.1) is 12.1 Å². The third kappa shape index (κ3) is 3.62. The van der Waals surface area contributed by atoms with Crippen LogP contribution >= 0.6 is 0 Å². The van der Waals surface area contributed by atoms with Crippen LogP contribution in [0.2, 0.25) is 0 Å². The molecule has 2 N–H and O–H groups in total. The van der Waals surface area contributed by atoms with E-state index in [1.807, 2.05) is 50.0 Å². The Morgan fingerprint density at radius 1 is 1.25 bits per heavy atom. The van der Waals surface area contributed by atoms with Crippen LogP contribution in [0.1, 0.15) is 5.56 Å². The molecule has 0 saturated carbocycles. The lowest BCUT2D eigenvalue weighted by atomic mass is 10.2. The fourth-order valence-electron chi connectivity index (χ4n) is 2.37. The zero-order chi connectivity index (χ0) is 16.8. The average Bonchev–Trinajstić information content (AvgIpc) is 2.94. The van der Waals surface area contributed by atoms with Gasteiger partial charge in [0.05, 0.1) is 18.5 Å². The smallest absolute Gasteiger partial charge is 0.144 e. The molecule has 0 aromatic heterocycles. The first-order chi connectivity index (χ1) is 11.8. The molecule has 1 radical (unpaired) electrons. The van der Waals surface area contributed by atoms with Gasteiger partial charge in [-0.3, -0.25) is 5.43 Å².